The predicted molar refractivity (Wildman–Crippen MR) is 110 cm³/mol. The average molecular weight is 398 g/mol. The number of anilines is 1. The molecule has 0 aliphatic heterocycles. The first-order valence-corrected chi connectivity index (χ1v) is 9.78. The van der Waals surface area contributed by atoms with Crippen LogP contribution in [0.5, 0.6) is 5.75 Å². The van der Waals surface area contributed by atoms with Gasteiger partial charge in [-0.15, -0.1) is 11.3 Å². The zero-order valence-electron chi connectivity index (χ0n) is 16.2. The average Bonchev–Trinajstić information content (AvgIpc) is 2.99. The number of aromatic nitrogens is 3. The van der Waals surface area contributed by atoms with Crippen molar-refractivity contribution in [2.24, 2.45) is 0 Å². The minimum Gasteiger partial charge on any atom is -0.494 e. The van der Waals surface area contributed by atoms with Gasteiger partial charge in [0, 0.05) is 16.5 Å². The van der Waals surface area contributed by atoms with Crippen LogP contribution < -0.4 is 15.6 Å². The van der Waals surface area contributed by atoms with E-state index in [-0.39, 0.29) is 11.5 Å². The first-order chi connectivity index (χ1) is 13.4. The van der Waals surface area contributed by atoms with Gasteiger partial charge in [-0.2, -0.15) is 5.10 Å². The Morgan fingerprint density at radius 1 is 1.21 bits per heavy atom. The van der Waals surface area contributed by atoms with Crippen LogP contribution in [0.15, 0.2) is 41.2 Å². The van der Waals surface area contributed by atoms with E-state index in [0.29, 0.717) is 17.4 Å². The Balaban J connectivity index is 1.83. The zero-order valence-corrected chi connectivity index (χ0v) is 17.0. The number of benzene rings is 1. The third kappa shape index (κ3) is 4.28. The van der Waals surface area contributed by atoms with E-state index in [0.717, 1.165) is 21.9 Å². The van der Waals surface area contributed by atoms with Crippen LogP contribution in [-0.4, -0.2) is 27.3 Å². The number of amides is 1. The number of aryl methyl sites for hydroxylation is 2. The number of nitrogens with one attached hydrogen (secondary N) is 1. The van der Waals surface area contributed by atoms with Crippen LogP contribution in [0.1, 0.15) is 30.5 Å². The molecule has 0 spiro atoms. The van der Waals surface area contributed by atoms with E-state index in [2.05, 4.69) is 15.4 Å². The maximum absolute atomic E-state index is 12.6. The SMILES string of the molecule is CCOc1ccc(-c2ccc(=O)n([C@H](C)C(=O)Nc3nc(C)c(C)s3)n2)cc1. The van der Waals surface area contributed by atoms with Gasteiger partial charge < -0.3 is 10.1 Å². The van der Waals surface area contributed by atoms with Crippen LogP contribution in [0.2, 0.25) is 0 Å². The maximum atomic E-state index is 12.6. The quantitative estimate of drug-likeness (QED) is 0.686. The zero-order chi connectivity index (χ0) is 20.3. The lowest BCUT2D eigenvalue weighted by Gasteiger charge is -2.14. The molecule has 146 valence electrons. The molecule has 1 atom stereocenters. The van der Waals surface area contributed by atoms with Crippen LogP contribution in [0.25, 0.3) is 11.3 Å². The summed E-state index contributed by atoms with van der Waals surface area (Å²) in [7, 11) is 0. The Kier molecular flexibility index (Phi) is 5.89. The van der Waals surface area contributed by atoms with Crippen LogP contribution >= 0.6 is 11.3 Å². The number of hydrogen-bond acceptors (Lipinski definition) is 6. The summed E-state index contributed by atoms with van der Waals surface area (Å²) in [6.07, 6.45) is 0. The van der Waals surface area contributed by atoms with Gasteiger partial charge in [0.2, 0.25) is 0 Å². The van der Waals surface area contributed by atoms with Crippen molar-refractivity contribution in [3.8, 4) is 17.0 Å². The molecule has 3 aromatic rings. The molecule has 0 radical (unpaired) electrons. The van der Waals surface area contributed by atoms with Gasteiger partial charge in [0.25, 0.3) is 11.5 Å². The molecule has 0 fully saturated rings. The van der Waals surface area contributed by atoms with Crippen molar-refractivity contribution in [1.82, 2.24) is 14.8 Å². The molecule has 0 unspecified atom stereocenters. The molecular formula is C20H22N4O3S. The van der Waals surface area contributed by atoms with Crippen molar-refractivity contribution in [1.29, 1.82) is 0 Å². The van der Waals surface area contributed by atoms with Crippen molar-refractivity contribution in [3.63, 3.8) is 0 Å². The van der Waals surface area contributed by atoms with Gasteiger partial charge in [-0.05, 0) is 58.0 Å². The highest BCUT2D eigenvalue weighted by Gasteiger charge is 2.19. The molecule has 1 N–H and O–H groups in total. The smallest absolute Gasteiger partial charge is 0.267 e. The topological polar surface area (TPSA) is 86.1 Å². The molecular weight excluding hydrogens is 376 g/mol. The maximum Gasteiger partial charge on any atom is 0.267 e. The van der Waals surface area contributed by atoms with Crippen molar-refractivity contribution >= 4 is 22.4 Å². The lowest BCUT2D eigenvalue weighted by molar-refractivity contribution is -0.119. The number of carbonyl (C=O) groups excluding carboxylic acids is 1. The molecule has 3 rings (SSSR count). The molecule has 0 aliphatic rings. The molecule has 2 aromatic heterocycles. The van der Waals surface area contributed by atoms with E-state index in [4.69, 9.17) is 4.74 Å². The first-order valence-electron chi connectivity index (χ1n) is 8.97. The number of ether oxygens (including phenoxy) is 1. The summed E-state index contributed by atoms with van der Waals surface area (Å²) in [5.41, 5.74) is 1.96. The third-order valence-electron chi connectivity index (χ3n) is 4.29. The van der Waals surface area contributed by atoms with Crippen LogP contribution in [0, 0.1) is 13.8 Å². The fraction of sp³-hybridized carbons (Fsp3) is 0.300. The van der Waals surface area contributed by atoms with Gasteiger partial charge in [0.05, 0.1) is 18.0 Å². The first kappa shape index (κ1) is 19.8. The van der Waals surface area contributed by atoms with E-state index < -0.39 is 6.04 Å². The molecule has 1 aromatic carbocycles. The summed E-state index contributed by atoms with van der Waals surface area (Å²) < 4.78 is 6.63. The molecule has 28 heavy (non-hydrogen) atoms. The van der Waals surface area contributed by atoms with Gasteiger partial charge in [-0.25, -0.2) is 9.67 Å². The predicted octanol–water partition coefficient (Wildman–Crippen LogP) is 3.58. The van der Waals surface area contributed by atoms with Crippen molar-refractivity contribution in [3.05, 3.63) is 57.3 Å². The lowest BCUT2D eigenvalue weighted by Crippen LogP contribution is -2.33. The third-order valence-corrected chi connectivity index (χ3v) is 5.28. The Morgan fingerprint density at radius 3 is 2.54 bits per heavy atom. The monoisotopic (exact) mass is 398 g/mol. The second-order valence-electron chi connectivity index (χ2n) is 6.28. The van der Waals surface area contributed by atoms with Gasteiger partial charge in [-0.3, -0.25) is 9.59 Å². The normalized spacial score (nSPS) is 11.9. The van der Waals surface area contributed by atoms with E-state index in [1.54, 1.807) is 13.0 Å². The van der Waals surface area contributed by atoms with E-state index in [1.165, 1.54) is 22.1 Å². The Morgan fingerprint density at radius 2 is 1.93 bits per heavy atom. The number of thiazole rings is 1. The van der Waals surface area contributed by atoms with E-state index in [9.17, 15) is 9.59 Å². The molecule has 0 saturated carbocycles. The minimum absolute atomic E-state index is 0.341. The standard InChI is InChI=1S/C20H22N4O3S/c1-5-27-16-8-6-15(7-9-16)17-10-11-18(25)24(23-17)13(3)19(26)22-20-21-12(2)14(4)28-20/h6-11,13H,5H2,1-4H3,(H,21,22,26)/t13-/m1/s1. The molecule has 0 saturated heterocycles. The molecule has 2 heterocycles. The Labute approximate surface area is 167 Å². The van der Waals surface area contributed by atoms with Crippen LogP contribution in [0.3, 0.4) is 0 Å². The molecule has 7 nitrogen and oxygen atoms in total. The summed E-state index contributed by atoms with van der Waals surface area (Å²) in [5.74, 6) is 0.425. The largest absolute Gasteiger partial charge is 0.494 e. The second kappa shape index (κ2) is 8.35. The highest BCUT2D eigenvalue weighted by molar-refractivity contribution is 7.15. The number of rotatable bonds is 6. The highest BCUT2D eigenvalue weighted by atomic mass is 32.1. The van der Waals surface area contributed by atoms with Gasteiger partial charge in [0.15, 0.2) is 5.13 Å². The summed E-state index contributed by atoms with van der Waals surface area (Å²) in [6, 6.07) is 9.72. The summed E-state index contributed by atoms with van der Waals surface area (Å²) >= 11 is 1.40. The second-order valence-corrected chi connectivity index (χ2v) is 7.49. The molecule has 0 bridgehead atoms. The van der Waals surface area contributed by atoms with Crippen LogP contribution in [0.4, 0.5) is 5.13 Å². The Bertz CT molecular complexity index is 1020. The number of hydrogen-bond donors (Lipinski definition) is 1. The van der Waals surface area contributed by atoms with Gasteiger partial charge in [0.1, 0.15) is 11.8 Å². The van der Waals surface area contributed by atoms with Gasteiger partial charge >= 0.3 is 0 Å². The minimum atomic E-state index is -0.778. The summed E-state index contributed by atoms with van der Waals surface area (Å²) in [4.78, 5) is 30.2. The fourth-order valence-electron chi connectivity index (χ4n) is 2.59. The Hall–Kier alpha value is -3.00. The van der Waals surface area contributed by atoms with Crippen molar-refractivity contribution < 1.29 is 9.53 Å². The van der Waals surface area contributed by atoms with Crippen LogP contribution in [-0.2, 0) is 4.79 Å². The summed E-state index contributed by atoms with van der Waals surface area (Å²) in [6.45, 7) is 7.98. The lowest BCUT2D eigenvalue weighted by atomic mass is 10.1. The number of nitrogens with zero attached hydrogens (tertiary/aromatic N) is 3. The molecule has 0 aliphatic carbocycles. The van der Waals surface area contributed by atoms with E-state index in [1.807, 2.05) is 45.0 Å². The summed E-state index contributed by atoms with van der Waals surface area (Å²) in [5, 5.41) is 7.67. The fourth-order valence-corrected chi connectivity index (χ4v) is 3.41. The van der Waals surface area contributed by atoms with Crippen molar-refractivity contribution in [2.75, 3.05) is 11.9 Å². The highest BCUT2D eigenvalue weighted by Crippen LogP contribution is 2.23. The van der Waals surface area contributed by atoms with Crippen molar-refractivity contribution in [2.45, 2.75) is 33.7 Å². The number of carbonyl (C=O) groups is 1. The molecule has 1 amide bonds. The van der Waals surface area contributed by atoms with Gasteiger partial charge in [-0.1, -0.05) is 0 Å². The molecule has 8 heteroatoms. The van der Waals surface area contributed by atoms with E-state index >= 15 is 0 Å².